The Kier molecular flexibility index (Phi) is 5.69. The van der Waals surface area contributed by atoms with Crippen LogP contribution in [-0.2, 0) is 25.6 Å². The van der Waals surface area contributed by atoms with Gasteiger partial charge in [0.05, 0.1) is 23.9 Å². The molecule has 10 nitrogen and oxygen atoms in total. The highest BCUT2D eigenvalue weighted by Crippen LogP contribution is 2.28. The van der Waals surface area contributed by atoms with Gasteiger partial charge in [-0.15, -0.1) is 23.5 Å². The quantitative estimate of drug-likeness (QED) is 0.438. The first kappa shape index (κ1) is 20.7. The van der Waals surface area contributed by atoms with Gasteiger partial charge in [-0.05, 0) is 0 Å². The first-order valence-electron chi connectivity index (χ1n) is 9.38. The maximum absolute atomic E-state index is 12.2. The van der Waals surface area contributed by atoms with Crippen molar-refractivity contribution in [3.63, 3.8) is 0 Å². The van der Waals surface area contributed by atoms with Crippen molar-refractivity contribution in [2.75, 3.05) is 0 Å². The van der Waals surface area contributed by atoms with Gasteiger partial charge in [0, 0.05) is 24.6 Å². The molecule has 0 radical (unpaired) electrons. The fraction of sp³-hybridized carbons (Fsp3) is 0.444. The van der Waals surface area contributed by atoms with Crippen LogP contribution in [0, 0.1) is 0 Å². The zero-order chi connectivity index (χ0) is 21.4. The average molecular weight is 447 g/mol. The number of nitrogens with zero attached hydrogens (tertiary/aromatic N) is 6. The van der Waals surface area contributed by atoms with E-state index in [-0.39, 0.29) is 11.1 Å². The van der Waals surface area contributed by atoms with Crippen LogP contribution in [-0.4, -0.2) is 50.0 Å². The Morgan fingerprint density at radius 1 is 0.833 bits per heavy atom. The molecule has 0 saturated carbocycles. The Morgan fingerprint density at radius 3 is 1.63 bits per heavy atom. The van der Waals surface area contributed by atoms with Gasteiger partial charge in [0.25, 0.3) is 11.1 Å². The van der Waals surface area contributed by atoms with Crippen LogP contribution in [0.3, 0.4) is 0 Å². The van der Waals surface area contributed by atoms with Crippen LogP contribution >= 0.6 is 23.5 Å². The van der Waals surface area contributed by atoms with E-state index in [2.05, 4.69) is 44.0 Å². The molecule has 0 bridgehead atoms. The Bertz CT molecular complexity index is 1220. The van der Waals surface area contributed by atoms with Gasteiger partial charge in [0.15, 0.2) is 11.3 Å². The minimum atomic E-state index is -0.167. The van der Waals surface area contributed by atoms with Crippen LogP contribution < -0.4 is 11.1 Å². The van der Waals surface area contributed by atoms with Gasteiger partial charge in [0.2, 0.25) is 0 Å². The summed E-state index contributed by atoms with van der Waals surface area (Å²) in [5.74, 6) is 2.47. The summed E-state index contributed by atoms with van der Waals surface area (Å²) in [4.78, 5) is 39.1. The number of fused-ring (bicyclic) bond motifs is 2. The fourth-order valence-corrected chi connectivity index (χ4v) is 5.11. The molecule has 0 aliphatic carbocycles. The highest BCUT2D eigenvalue weighted by atomic mass is 32.2. The van der Waals surface area contributed by atoms with E-state index in [1.54, 1.807) is 47.0 Å². The summed E-state index contributed by atoms with van der Waals surface area (Å²) >= 11 is 3.44. The van der Waals surface area contributed by atoms with Crippen molar-refractivity contribution in [2.45, 2.75) is 35.9 Å². The number of aromatic nitrogens is 8. The summed E-state index contributed by atoms with van der Waals surface area (Å²) in [5.41, 5.74) is 0.841. The number of H-pyrrole nitrogens is 2. The number of aromatic amines is 2. The first-order valence-corrected chi connectivity index (χ1v) is 11.5. The molecule has 0 amide bonds. The summed E-state index contributed by atoms with van der Waals surface area (Å²) in [5, 5.41) is 9.77. The smallest absolute Gasteiger partial charge is 0.262 e. The van der Waals surface area contributed by atoms with Crippen molar-refractivity contribution in [2.24, 2.45) is 14.1 Å². The molecule has 12 heteroatoms. The van der Waals surface area contributed by atoms with Gasteiger partial charge in [-0.1, -0.05) is 13.8 Å². The molecule has 0 aliphatic rings. The number of aryl methyl sites for hydroxylation is 2. The molecule has 0 aliphatic heterocycles. The Balaban J connectivity index is 1.38. The number of thioether (sulfide) groups is 2. The first-order chi connectivity index (χ1) is 14.3. The second-order valence-corrected chi connectivity index (χ2v) is 9.80. The average Bonchev–Trinajstić information content (AvgIpc) is 3.28. The van der Waals surface area contributed by atoms with Crippen LogP contribution in [0.1, 0.15) is 25.5 Å². The molecule has 4 rings (SSSR count). The van der Waals surface area contributed by atoms with Crippen molar-refractivity contribution in [3.8, 4) is 0 Å². The fourth-order valence-electron chi connectivity index (χ4n) is 2.98. The molecule has 0 fully saturated rings. The van der Waals surface area contributed by atoms with E-state index in [1.165, 1.54) is 12.4 Å². The van der Waals surface area contributed by atoms with E-state index < -0.39 is 0 Å². The third-order valence-electron chi connectivity index (χ3n) is 4.93. The topological polar surface area (TPSA) is 127 Å². The Morgan fingerprint density at radius 2 is 1.23 bits per heavy atom. The highest BCUT2D eigenvalue weighted by molar-refractivity contribution is 8.03. The monoisotopic (exact) mass is 446 g/mol. The number of nitrogens with one attached hydrogen (secondary N) is 2. The molecule has 30 heavy (non-hydrogen) atoms. The number of hydrogen-bond acceptors (Lipinski definition) is 8. The summed E-state index contributed by atoms with van der Waals surface area (Å²) < 4.78 is 3.21. The van der Waals surface area contributed by atoms with Crippen LogP contribution in [0.4, 0.5) is 0 Å². The van der Waals surface area contributed by atoms with Crippen LogP contribution in [0.2, 0.25) is 0 Å². The maximum Gasteiger partial charge on any atom is 0.262 e. The van der Waals surface area contributed by atoms with E-state index in [9.17, 15) is 9.59 Å². The zero-order valence-corrected chi connectivity index (χ0v) is 18.7. The summed E-state index contributed by atoms with van der Waals surface area (Å²) in [6, 6.07) is 0. The number of hydrogen-bond donors (Lipinski definition) is 2. The van der Waals surface area contributed by atoms with Crippen molar-refractivity contribution in [1.82, 2.24) is 39.5 Å². The predicted octanol–water partition coefficient (Wildman–Crippen LogP) is 1.57. The largest absolute Gasteiger partial charge is 0.309 e. The third-order valence-corrected chi connectivity index (χ3v) is 7.85. The van der Waals surface area contributed by atoms with Gasteiger partial charge in [-0.2, -0.15) is 10.2 Å². The minimum Gasteiger partial charge on any atom is -0.309 e. The molecule has 4 aromatic heterocycles. The Labute approximate surface area is 179 Å². The second-order valence-electron chi connectivity index (χ2n) is 7.07. The molecule has 4 aromatic rings. The van der Waals surface area contributed by atoms with E-state index in [0.717, 1.165) is 0 Å². The molecular formula is C18H22N8O2S2. The third kappa shape index (κ3) is 4.01. The van der Waals surface area contributed by atoms with E-state index in [0.29, 0.717) is 55.7 Å². The van der Waals surface area contributed by atoms with Crippen LogP contribution in [0.15, 0.2) is 22.0 Å². The van der Waals surface area contributed by atoms with Gasteiger partial charge in [0.1, 0.15) is 22.4 Å². The normalized spacial score (nSPS) is 13.9. The molecule has 2 unspecified atom stereocenters. The lowest BCUT2D eigenvalue weighted by atomic mass is 10.4. The highest BCUT2D eigenvalue weighted by Gasteiger charge is 2.16. The van der Waals surface area contributed by atoms with Crippen molar-refractivity contribution in [1.29, 1.82) is 0 Å². The van der Waals surface area contributed by atoms with Crippen molar-refractivity contribution >= 4 is 45.6 Å². The second kappa shape index (κ2) is 8.26. The molecule has 2 N–H and O–H groups in total. The van der Waals surface area contributed by atoms with E-state index in [1.807, 2.05) is 0 Å². The molecule has 0 saturated heterocycles. The molecular weight excluding hydrogens is 424 g/mol. The lowest BCUT2D eigenvalue weighted by molar-refractivity contribution is 0.781. The molecule has 2 atom stereocenters. The van der Waals surface area contributed by atoms with E-state index in [4.69, 9.17) is 0 Å². The molecule has 4 heterocycles. The molecule has 0 aromatic carbocycles. The minimum absolute atomic E-state index is 0.167. The van der Waals surface area contributed by atoms with Crippen LogP contribution in [0.5, 0.6) is 0 Å². The SMILES string of the molecule is CC(SCc1nc2c(cnn2C)c(=O)[nH]1)C(C)SCc1nc2c(cnn2C)c(=O)[nH]1. The summed E-state index contributed by atoms with van der Waals surface area (Å²) in [6.45, 7) is 4.28. The van der Waals surface area contributed by atoms with Gasteiger partial charge < -0.3 is 9.97 Å². The van der Waals surface area contributed by atoms with Crippen molar-refractivity contribution in [3.05, 3.63) is 44.8 Å². The lowest BCUT2D eigenvalue weighted by Gasteiger charge is -2.18. The number of rotatable bonds is 7. The molecule has 0 spiro atoms. The van der Waals surface area contributed by atoms with Crippen molar-refractivity contribution < 1.29 is 0 Å². The van der Waals surface area contributed by atoms with Crippen LogP contribution in [0.25, 0.3) is 22.1 Å². The zero-order valence-electron chi connectivity index (χ0n) is 17.0. The van der Waals surface area contributed by atoms with Gasteiger partial charge in [-0.3, -0.25) is 19.0 Å². The summed E-state index contributed by atoms with van der Waals surface area (Å²) in [6.07, 6.45) is 3.06. The Hall–Kier alpha value is -2.60. The maximum atomic E-state index is 12.2. The standard InChI is InChI=1S/C18H22N8O2S2/c1-9(29-7-13-21-15-11(17(27)23-13)5-19-25(15)3)10(2)30-8-14-22-16-12(18(28)24-14)6-20-26(16)4/h5-6,9-10H,7-8H2,1-4H3,(H,21,23,27)(H,22,24,28). The van der Waals surface area contributed by atoms with Gasteiger partial charge >= 0.3 is 0 Å². The van der Waals surface area contributed by atoms with Gasteiger partial charge in [-0.25, -0.2) is 9.97 Å². The summed E-state index contributed by atoms with van der Waals surface area (Å²) in [7, 11) is 3.54. The van der Waals surface area contributed by atoms with E-state index >= 15 is 0 Å². The molecule has 158 valence electrons. The predicted molar refractivity (Wildman–Crippen MR) is 120 cm³/mol. The lowest BCUT2D eigenvalue weighted by Crippen LogP contribution is -2.17.